The van der Waals surface area contributed by atoms with Gasteiger partial charge in [-0.3, -0.25) is 9.69 Å². The number of alkyl carbamates (subject to hydrolysis) is 1. The highest BCUT2D eigenvalue weighted by Crippen LogP contribution is 2.45. The largest absolute Gasteiger partial charge is 0.444 e. The van der Waals surface area contributed by atoms with Gasteiger partial charge in [-0.1, -0.05) is 60.7 Å². The van der Waals surface area contributed by atoms with E-state index in [1.807, 2.05) is 71.0 Å². The maximum Gasteiger partial charge on any atom is 0.408 e. The van der Waals surface area contributed by atoms with Crippen LogP contribution in [0.2, 0.25) is 0 Å². The summed E-state index contributed by atoms with van der Waals surface area (Å²) in [5.41, 5.74) is -0.310. The standard InChI is InChI=1S/C29H41N3O3/c1-26(2,3)35-25(34)31-28(24(33)30-27(4,5)22-14-10-8-11-15-22)18-20-29(21-19-28,32(6)7)23-16-12-9-13-17-23/h8-17H,18-21H2,1-7H3,(H,30,33)(H,31,34)/t28-,29-. The van der Waals surface area contributed by atoms with Gasteiger partial charge in [0, 0.05) is 5.54 Å². The third-order valence-corrected chi connectivity index (χ3v) is 7.19. The number of carbonyl (C=O) groups excluding carboxylic acids is 2. The van der Waals surface area contributed by atoms with E-state index in [-0.39, 0.29) is 11.4 Å². The van der Waals surface area contributed by atoms with E-state index in [9.17, 15) is 9.59 Å². The van der Waals surface area contributed by atoms with Gasteiger partial charge in [-0.2, -0.15) is 0 Å². The van der Waals surface area contributed by atoms with E-state index in [1.54, 1.807) is 0 Å². The number of hydrogen-bond acceptors (Lipinski definition) is 4. The maximum absolute atomic E-state index is 13.9. The van der Waals surface area contributed by atoms with Crippen LogP contribution in [0.5, 0.6) is 0 Å². The molecule has 2 aromatic carbocycles. The first-order valence-corrected chi connectivity index (χ1v) is 12.4. The molecule has 1 aliphatic carbocycles. The highest BCUT2D eigenvalue weighted by atomic mass is 16.6. The molecule has 35 heavy (non-hydrogen) atoms. The predicted octanol–water partition coefficient (Wildman–Crippen LogP) is 5.33. The molecule has 0 unspecified atom stereocenters. The Hall–Kier alpha value is -2.86. The van der Waals surface area contributed by atoms with Gasteiger partial charge in [-0.25, -0.2) is 4.79 Å². The lowest BCUT2D eigenvalue weighted by Crippen LogP contribution is -2.65. The summed E-state index contributed by atoms with van der Waals surface area (Å²) in [7, 11) is 4.17. The van der Waals surface area contributed by atoms with E-state index in [4.69, 9.17) is 4.74 Å². The molecular formula is C29H41N3O3. The smallest absolute Gasteiger partial charge is 0.408 e. The Morgan fingerprint density at radius 3 is 1.83 bits per heavy atom. The van der Waals surface area contributed by atoms with Crippen molar-refractivity contribution in [1.82, 2.24) is 15.5 Å². The molecule has 190 valence electrons. The average molecular weight is 480 g/mol. The highest BCUT2D eigenvalue weighted by Gasteiger charge is 2.51. The summed E-state index contributed by atoms with van der Waals surface area (Å²) in [6.07, 6.45) is 1.87. The fourth-order valence-electron chi connectivity index (χ4n) is 5.07. The van der Waals surface area contributed by atoms with E-state index >= 15 is 0 Å². The van der Waals surface area contributed by atoms with Gasteiger partial charge in [0.2, 0.25) is 5.91 Å². The molecule has 0 aromatic heterocycles. The number of nitrogens with zero attached hydrogens (tertiary/aromatic N) is 1. The van der Waals surface area contributed by atoms with Crippen LogP contribution in [0.4, 0.5) is 4.79 Å². The Balaban J connectivity index is 1.91. The molecule has 0 radical (unpaired) electrons. The average Bonchev–Trinajstić information content (AvgIpc) is 2.79. The van der Waals surface area contributed by atoms with Gasteiger partial charge in [0.1, 0.15) is 11.1 Å². The van der Waals surface area contributed by atoms with Crippen LogP contribution in [-0.4, -0.2) is 42.1 Å². The molecule has 0 saturated heterocycles. The predicted molar refractivity (Wildman–Crippen MR) is 140 cm³/mol. The van der Waals surface area contributed by atoms with E-state index in [1.165, 1.54) is 5.56 Å². The van der Waals surface area contributed by atoms with Gasteiger partial charge >= 0.3 is 6.09 Å². The SMILES string of the molecule is CN(C)[C@]1(c2ccccc2)CC[C@](NC(=O)OC(C)(C)C)(C(=O)NC(C)(C)c2ccccc2)CC1. The molecule has 1 saturated carbocycles. The van der Waals surface area contributed by atoms with Crippen LogP contribution in [0.1, 0.15) is 71.4 Å². The summed E-state index contributed by atoms with van der Waals surface area (Å²) in [4.78, 5) is 29.1. The first-order valence-electron chi connectivity index (χ1n) is 12.4. The van der Waals surface area contributed by atoms with E-state index in [2.05, 4.69) is 53.9 Å². The lowest BCUT2D eigenvalue weighted by molar-refractivity contribution is -0.132. The minimum atomic E-state index is -1.07. The molecule has 6 nitrogen and oxygen atoms in total. The van der Waals surface area contributed by atoms with Crippen molar-refractivity contribution in [2.45, 2.75) is 82.5 Å². The van der Waals surface area contributed by atoms with Crippen molar-refractivity contribution in [3.63, 3.8) is 0 Å². The Morgan fingerprint density at radius 1 is 0.829 bits per heavy atom. The topological polar surface area (TPSA) is 70.7 Å². The van der Waals surface area contributed by atoms with Crippen molar-refractivity contribution < 1.29 is 14.3 Å². The Kier molecular flexibility index (Phi) is 7.65. The molecule has 2 amide bonds. The van der Waals surface area contributed by atoms with E-state index in [0.717, 1.165) is 18.4 Å². The quantitative estimate of drug-likeness (QED) is 0.587. The molecule has 3 rings (SSSR count). The molecule has 1 aliphatic rings. The molecular weight excluding hydrogens is 438 g/mol. The second-order valence-electron chi connectivity index (χ2n) is 11.4. The normalized spacial score (nSPS) is 23.0. The Morgan fingerprint density at radius 2 is 1.34 bits per heavy atom. The van der Waals surface area contributed by atoms with Crippen molar-refractivity contribution in [2.24, 2.45) is 0 Å². The zero-order chi connectivity index (χ0) is 25.9. The van der Waals surface area contributed by atoms with Crippen LogP contribution < -0.4 is 10.6 Å². The van der Waals surface area contributed by atoms with Crippen molar-refractivity contribution in [3.8, 4) is 0 Å². The summed E-state index contributed by atoms with van der Waals surface area (Å²) in [5.74, 6) is -0.183. The molecule has 2 N–H and O–H groups in total. The zero-order valence-electron chi connectivity index (χ0n) is 22.3. The number of amides is 2. The summed E-state index contributed by atoms with van der Waals surface area (Å²) >= 11 is 0. The summed E-state index contributed by atoms with van der Waals surface area (Å²) in [6, 6.07) is 20.3. The number of benzene rings is 2. The first-order chi connectivity index (χ1) is 16.3. The second kappa shape index (κ2) is 10.0. The molecule has 0 aliphatic heterocycles. The van der Waals surface area contributed by atoms with Gasteiger partial charge in [-0.05, 0) is 85.5 Å². The van der Waals surface area contributed by atoms with Gasteiger partial charge in [0.15, 0.2) is 0 Å². The van der Waals surface area contributed by atoms with Crippen molar-refractivity contribution >= 4 is 12.0 Å². The fraction of sp³-hybridized carbons (Fsp3) is 0.517. The van der Waals surface area contributed by atoms with Crippen molar-refractivity contribution in [2.75, 3.05) is 14.1 Å². The van der Waals surface area contributed by atoms with Crippen LogP contribution in [0.25, 0.3) is 0 Å². The van der Waals surface area contributed by atoms with Gasteiger partial charge in [0.25, 0.3) is 0 Å². The summed E-state index contributed by atoms with van der Waals surface area (Å²) in [6.45, 7) is 9.44. The summed E-state index contributed by atoms with van der Waals surface area (Å²) in [5, 5.41) is 6.22. The third kappa shape index (κ3) is 6.04. The minimum absolute atomic E-state index is 0.183. The molecule has 1 fully saturated rings. The minimum Gasteiger partial charge on any atom is -0.444 e. The highest BCUT2D eigenvalue weighted by molar-refractivity contribution is 5.90. The molecule has 0 atom stereocenters. The second-order valence-corrected chi connectivity index (χ2v) is 11.4. The van der Waals surface area contributed by atoms with Gasteiger partial charge in [0.05, 0.1) is 5.54 Å². The van der Waals surface area contributed by atoms with E-state index < -0.39 is 22.8 Å². The van der Waals surface area contributed by atoms with Crippen molar-refractivity contribution in [3.05, 3.63) is 71.8 Å². The lowest BCUT2D eigenvalue weighted by Gasteiger charge is -2.50. The Bertz CT molecular complexity index is 1000. The van der Waals surface area contributed by atoms with Crippen LogP contribution in [-0.2, 0) is 20.6 Å². The fourth-order valence-corrected chi connectivity index (χ4v) is 5.07. The number of hydrogen-bond donors (Lipinski definition) is 2. The van der Waals surface area contributed by atoms with Gasteiger partial charge < -0.3 is 15.4 Å². The van der Waals surface area contributed by atoms with Crippen LogP contribution in [0.15, 0.2) is 60.7 Å². The van der Waals surface area contributed by atoms with Crippen LogP contribution in [0, 0.1) is 0 Å². The molecule has 2 aromatic rings. The molecule has 0 spiro atoms. The monoisotopic (exact) mass is 479 g/mol. The van der Waals surface area contributed by atoms with Crippen LogP contribution >= 0.6 is 0 Å². The van der Waals surface area contributed by atoms with Gasteiger partial charge in [-0.15, -0.1) is 0 Å². The molecule has 0 bridgehead atoms. The zero-order valence-corrected chi connectivity index (χ0v) is 22.3. The van der Waals surface area contributed by atoms with E-state index in [0.29, 0.717) is 12.8 Å². The number of nitrogens with one attached hydrogen (secondary N) is 2. The number of rotatable bonds is 6. The lowest BCUT2D eigenvalue weighted by atomic mass is 9.68. The molecule has 0 heterocycles. The summed E-state index contributed by atoms with van der Waals surface area (Å²) < 4.78 is 5.57. The number of carbonyl (C=O) groups is 2. The first kappa shape index (κ1) is 26.7. The third-order valence-electron chi connectivity index (χ3n) is 7.19. The number of ether oxygens (including phenoxy) is 1. The Labute approximate surface area is 210 Å². The molecule has 6 heteroatoms. The maximum atomic E-state index is 13.9. The van der Waals surface area contributed by atoms with Crippen LogP contribution in [0.3, 0.4) is 0 Å². The van der Waals surface area contributed by atoms with Crippen molar-refractivity contribution in [1.29, 1.82) is 0 Å².